The van der Waals surface area contributed by atoms with Gasteiger partial charge in [0.05, 0.1) is 24.6 Å². The molecule has 3 rings (SSSR count). The van der Waals surface area contributed by atoms with Gasteiger partial charge in [-0.1, -0.05) is 35.9 Å². The maximum absolute atomic E-state index is 12.5. The molecule has 0 radical (unpaired) electrons. The lowest BCUT2D eigenvalue weighted by Gasteiger charge is -2.11. The number of hydrogen-bond acceptors (Lipinski definition) is 4. The maximum Gasteiger partial charge on any atom is 0.252 e. The Morgan fingerprint density at radius 1 is 1.14 bits per heavy atom. The molecule has 0 atom stereocenters. The fourth-order valence-electron chi connectivity index (χ4n) is 2.84. The number of para-hydroxylation sites is 1. The molecule has 0 aliphatic rings. The molecule has 0 aliphatic heterocycles. The molecule has 2 aromatic carbocycles. The van der Waals surface area contributed by atoms with Crippen molar-refractivity contribution >= 4 is 28.9 Å². The van der Waals surface area contributed by atoms with Gasteiger partial charge in [-0.25, -0.2) is 0 Å². The molecule has 1 aromatic heterocycles. The van der Waals surface area contributed by atoms with Crippen molar-refractivity contribution in [3.63, 3.8) is 0 Å². The molecule has 0 fully saturated rings. The molecule has 1 amide bonds. The summed E-state index contributed by atoms with van der Waals surface area (Å²) in [6, 6.07) is 15.2. The molecule has 0 bridgehead atoms. The summed E-state index contributed by atoms with van der Waals surface area (Å²) < 4.78 is 5.34. The van der Waals surface area contributed by atoms with Crippen LogP contribution < -0.4 is 15.4 Å². The lowest BCUT2D eigenvalue weighted by atomic mass is 10.1. The number of benzene rings is 2. The van der Waals surface area contributed by atoms with Crippen LogP contribution in [0.25, 0.3) is 0 Å². The largest absolute Gasteiger partial charge is 0.496 e. The summed E-state index contributed by atoms with van der Waals surface area (Å²) in [6.45, 7) is 2.49. The number of aromatic nitrogens is 1. The number of rotatable bonds is 7. The Kier molecular flexibility index (Phi) is 6.50. The summed E-state index contributed by atoms with van der Waals surface area (Å²) in [7, 11) is 1.64. The average molecular weight is 396 g/mol. The van der Waals surface area contributed by atoms with Crippen molar-refractivity contribution in [2.24, 2.45) is 0 Å². The summed E-state index contributed by atoms with van der Waals surface area (Å²) in [5.41, 5.74) is 4.20. The Morgan fingerprint density at radius 3 is 2.79 bits per heavy atom. The topological polar surface area (TPSA) is 63.2 Å². The van der Waals surface area contributed by atoms with Crippen molar-refractivity contribution < 1.29 is 9.53 Å². The lowest BCUT2D eigenvalue weighted by Crippen LogP contribution is -2.26. The smallest absolute Gasteiger partial charge is 0.252 e. The number of carbonyl (C=O) groups is 1. The first-order chi connectivity index (χ1) is 13.6. The predicted molar refractivity (Wildman–Crippen MR) is 113 cm³/mol. The summed E-state index contributed by atoms with van der Waals surface area (Å²) >= 11 is 6.07. The van der Waals surface area contributed by atoms with Crippen molar-refractivity contribution in [1.82, 2.24) is 10.3 Å². The van der Waals surface area contributed by atoms with Crippen LogP contribution in [0.3, 0.4) is 0 Å². The van der Waals surface area contributed by atoms with Crippen LogP contribution in [0.2, 0.25) is 5.02 Å². The molecule has 6 heteroatoms. The fraction of sp³-hybridized carbons (Fsp3) is 0.182. The van der Waals surface area contributed by atoms with Gasteiger partial charge < -0.3 is 15.4 Å². The summed E-state index contributed by atoms with van der Waals surface area (Å²) in [5, 5.41) is 6.83. The number of amides is 1. The van der Waals surface area contributed by atoms with E-state index in [9.17, 15) is 4.79 Å². The average Bonchev–Trinajstić information content (AvgIpc) is 2.71. The van der Waals surface area contributed by atoms with Crippen molar-refractivity contribution in [2.75, 3.05) is 19.0 Å². The molecular weight excluding hydrogens is 374 g/mol. The molecule has 0 saturated heterocycles. The van der Waals surface area contributed by atoms with Crippen LogP contribution in [0.15, 0.2) is 60.9 Å². The third-order valence-electron chi connectivity index (χ3n) is 4.35. The van der Waals surface area contributed by atoms with Crippen molar-refractivity contribution in [3.8, 4) is 5.75 Å². The number of anilines is 2. The second-order valence-corrected chi connectivity index (χ2v) is 6.80. The van der Waals surface area contributed by atoms with Crippen LogP contribution in [0, 0.1) is 6.92 Å². The Labute approximate surface area is 169 Å². The highest BCUT2D eigenvalue weighted by molar-refractivity contribution is 6.30. The normalized spacial score (nSPS) is 10.4. The number of methoxy groups -OCH3 is 1. The number of nitrogens with one attached hydrogen (secondary N) is 2. The fourth-order valence-corrected chi connectivity index (χ4v) is 3.01. The van der Waals surface area contributed by atoms with E-state index in [4.69, 9.17) is 16.3 Å². The number of nitrogens with zero attached hydrogens (tertiary/aromatic N) is 1. The third-order valence-corrected chi connectivity index (χ3v) is 4.59. The minimum Gasteiger partial charge on any atom is -0.496 e. The minimum absolute atomic E-state index is 0.172. The van der Waals surface area contributed by atoms with Gasteiger partial charge in [-0.3, -0.25) is 9.78 Å². The molecule has 144 valence electrons. The van der Waals surface area contributed by atoms with E-state index in [-0.39, 0.29) is 5.91 Å². The second-order valence-electron chi connectivity index (χ2n) is 6.36. The van der Waals surface area contributed by atoms with E-state index in [1.807, 2.05) is 49.4 Å². The molecule has 5 nitrogen and oxygen atoms in total. The van der Waals surface area contributed by atoms with Gasteiger partial charge in [0.25, 0.3) is 5.91 Å². The SMILES string of the molecule is COc1ccccc1CCNC(=O)c1cncc(Nc2cc(Cl)ccc2C)c1. The highest BCUT2D eigenvalue weighted by atomic mass is 35.5. The van der Waals surface area contributed by atoms with Crippen LogP contribution in [-0.4, -0.2) is 24.5 Å². The zero-order valence-electron chi connectivity index (χ0n) is 15.8. The van der Waals surface area contributed by atoms with Crippen LogP contribution in [0.4, 0.5) is 11.4 Å². The van der Waals surface area contributed by atoms with Crippen LogP contribution in [0.1, 0.15) is 21.5 Å². The molecule has 3 aromatic rings. The minimum atomic E-state index is -0.172. The van der Waals surface area contributed by atoms with Crippen molar-refractivity contribution in [1.29, 1.82) is 0 Å². The number of aryl methyl sites for hydroxylation is 1. The summed E-state index contributed by atoms with van der Waals surface area (Å²) in [5.74, 6) is 0.648. The van der Waals surface area contributed by atoms with Gasteiger partial charge in [0.15, 0.2) is 0 Å². The van der Waals surface area contributed by atoms with E-state index in [0.717, 1.165) is 28.3 Å². The van der Waals surface area contributed by atoms with Gasteiger partial charge in [0.1, 0.15) is 5.75 Å². The highest BCUT2D eigenvalue weighted by Gasteiger charge is 2.09. The van der Waals surface area contributed by atoms with Crippen LogP contribution in [0.5, 0.6) is 5.75 Å². The Bertz CT molecular complexity index is 976. The third kappa shape index (κ3) is 5.02. The first-order valence-electron chi connectivity index (χ1n) is 8.95. The quantitative estimate of drug-likeness (QED) is 0.605. The number of ether oxygens (including phenoxy) is 1. The van der Waals surface area contributed by atoms with E-state index < -0.39 is 0 Å². The zero-order chi connectivity index (χ0) is 19.9. The number of carbonyl (C=O) groups excluding carboxylic acids is 1. The van der Waals surface area contributed by atoms with Gasteiger partial charge in [0.2, 0.25) is 0 Å². The molecule has 1 heterocycles. The van der Waals surface area contributed by atoms with Crippen LogP contribution in [-0.2, 0) is 6.42 Å². The number of hydrogen-bond donors (Lipinski definition) is 2. The molecule has 0 spiro atoms. The first-order valence-corrected chi connectivity index (χ1v) is 9.33. The number of pyridine rings is 1. The molecule has 28 heavy (non-hydrogen) atoms. The zero-order valence-corrected chi connectivity index (χ0v) is 16.6. The van der Waals surface area contributed by atoms with Crippen molar-refractivity contribution in [2.45, 2.75) is 13.3 Å². The van der Waals surface area contributed by atoms with E-state index in [1.54, 1.807) is 25.6 Å². The Hall–Kier alpha value is -3.05. The van der Waals surface area contributed by atoms with E-state index in [2.05, 4.69) is 15.6 Å². The predicted octanol–water partition coefficient (Wildman–Crippen LogP) is 4.77. The van der Waals surface area contributed by atoms with Gasteiger partial charge >= 0.3 is 0 Å². The van der Waals surface area contributed by atoms with E-state index in [0.29, 0.717) is 23.6 Å². The number of halogens is 1. The van der Waals surface area contributed by atoms with Crippen molar-refractivity contribution in [3.05, 3.63) is 82.6 Å². The molecule has 2 N–H and O–H groups in total. The highest BCUT2D eigenvalue weighted by Crippen LogP contribution is 2.24. The molecule has 0 saturated carbocycles. The molecule has 0 aliphatic carbocycles. The van der Waals surface area contributed by atoms with Crippen LogP contribution >= 0.6 is 11.6 Å². The van der Waals surface area contributed by atoms with Gasteiger partial charge in [-0.2, -0.15) is 0 Å². The van der Waals surface area contributed by atoms with Gasteiger partial charge in [-0.15, -0.1) is 0 Å². The first kappa shape index (κ1) is 19.7. The lowest BCUT2D eigenvalue weighted by molar-refractivity contribution is 0.0953. The second kappa shape index (κ2) is 9.24. The summed E-state index contributed by atoms with van der Waals surface area (Å²) in [6.07, 6.45) is 3.91. The summed E-state index contributed by atoms with van der Waals surface area (Å²) in [4.78, 5) is 16.7. The molecular formula is C22H22ClN3O2. The van der Waals surface area contributed by atoms with E-state index >= 15 is 0 Å². The van der Waals surface area contributed by atoms with E-state index in [1.165, 1.54) is 0 Å². The maximum atomic E-state index is 12.5. The van der Waals surface area contributed by atoms with Gasteiger partial charge in [0, 0.05) is 23.5 Å². The van der Waals surface area contributed by atoms with Gasteiger partial charge in [-0.05, 0) is 48.7 Å². The monoisotopic (exact) mass is 395 g/mol. The Balaban J connectivity index is 1.63. The standard InChI is InChI=1S/C22H22ClN3O2/c1-15-7-8-18(23)12-20(15)26-19-11-17(13-24-14-19)22(27)25-10-9-16-5-3-4-6-21(16)28-2/h3-8,11-14,26H,9-10H2,1-2H3,(H,25,27). The Morgan fingerprint density at radius 2 is 1.96 bits per heavy atom. The molecule has 0 unspecified atom stereocenters.